The number of hydrogen-bond donors (Lipinski definition) is 5. The maximum atomic E-state index is 13.2. The Bertz CT molecular complexity index is 980. The third kappa shape index (κ3) is 2.42. The minimum Gasteiger partial charge on any atom is -0.504 e. The molecule has 0 radical (unpaired) electrons. The topological polar surface area (TPSA) is 131 Å². The van der Waals surface area contributed by atoms with E-state index in [9.17, 15) is 24.9 Å². The monoisotopic (exact) mass is 429 g/mol. The summed E-state index contributed by atoms with van der Waals surface area (Å²) in [5.41, 5.74) is -1.51. The fraction of sp³-hybridized carbons (Fsp3) is 0.636. The molecule has 31 heavy (non-hydrogen) atoms. The van der Waals surface area contributed by atoms with Crippen LogP contribution < -0.4 is 15.4 Å². The van der Waals surface area contributed by atoms with Crippen LogP contribution in [-0.2, 0) is 10.2 Å². The second kappa shape index (κ2) is 6.34. The van der Waals surface area contributed by atoms with Crippen molar-refractivity contribution in [2.75, 3.05) is 19.6 Å². The Morgan fingerprint density at radius 2 is 2.03 bits per heavy atom. The molecule has 5 aliphatic rings. The highest BCUT2D eigenvalue weighted by Crippen LogP contribution is 2.65. The number of aliphatic hydroxyl groups excluding tert-OH is 1. The number of benzene rings is 1. The van der Waals surface area contributed by atoms with Crippen LogP contribution in [0.2, 0.25) is 0 Å². The van der Waals surface area contributed by atoms with Gasteiger partial charge < -0.3 is 25.4 Å². The summed E-state index contributed by atoms with van der Waals surface area (Å²) in [5, 5.41) is 39.4. The Hall–Kier alpha value is -2.36. The number of aliphatic hydroxyl groups is 2. The van der Waals surface area contributed by atoms with Crippen LogP contribution in [0.25, 0.3) is 0 Å². The summed E-state index contributed by atoms with van der Waals surface area (Å²) in [6.45, 7) is 1.69. The van der Waals surface area contributed by atoms with E-state index in [0.717, 1.165) is 19.4 Å². The lowest BCUT2D eigenvalue weighted by Gasteiger charge is -2.62. The van der Waals surface area contributed by atoms with Gasteiger partial charge in [-0.25, -0.2) is 4.79 Å². The number of rotatable bonds is 2. The molecule has 2 bridgehead atoms. The van der Waals surface area contributed by atoms with E-state index in [1.165, 1.54) is 6.07 Å². The third-order valence-corrected chi connectivity index (χ3v) is 8.05. The lowest BCUT2D eigenvalue weighted by Crippen LogP contribution is -2.76. The molecule has 1 saturated carbocycles. The average molecular weight is 429 g/mol. The molecule has 3 heterocycles. The molecule has 0 aromatic heterocycles. The number of carbonyl (C=O) groups is 2. The quantitative estimate of drug-likeness (QED) is 0.456. The van der Waals surface area contributed by atoms with E-state index in [2.05, 4.69) is 15.5 Å². The van der Waals surface area contributed by atoms with Gasteiger partial charge in [-0.3, -0.25) is 15.0 Å². The number of carbonyl (C=O) groups excluding carboxylic acids is 2. The second-order valence-electron chi connectivity index (χ2n) is 9.70. The maximum Gasteiger partial charge on any atom is 0.321 e. The number of urea groups is 1. The van der Waals surface area contributed by atoms with Gasteiger partial charge in [0.2, 0.25) is 0 Å². The molecule has 5 atom stereocenters. The van der Waals surface area contributed by atoms with Gasteiger partial charge in [0.1, 0.15) is 0 Å². The molecule has 9 nitrogen and oxygen atoms in total. The fourth-order valence-corrected chi connectivity index (χ4v) is 6.60. The third-order valence-electron chi connectivity index (χ3n) is 8.05. The van der Waals surface area contributed by atoms with E-state index in [4.69, 9.17) is 4.74 Å². The molecule has 1 aromatic carbocycles. The minimum absolute atomic E-state index is 0.129. The largest absolute Gasteiger partial charge is 0.504 e. The first-order chi connectivity index (χ1) is 14.9. The first-order valence-electron chi connectivity index (χ1n) is 11.1. The predicted molar refractivity (Wildman–Crippen MR) is 108 cm³/mol. The number of imide groups is 1. The summed E-state index contributed by atoms with van der Waals surface area (Å²) in [5.74, 6) is -0.0884. The van der Waals surface area contributed by atoms with Gasteiger partial charge in [-0.1, -0.05) is 6.07 Å². The van der Waals surface area contributed by atoms with Gasteiger partial charge in [-0.05, 0) is 56.2 Å². The van der Waals surface area contributed by atoms with E-state index in [-0.39, 0.29) is 17.9 Å². The van der Waals surface area contributed by atoms with Gasteiger partial charge in [0.05, 0.1) is 23.2 Å². The summed E-state index contributed by atoms with van der Waals surface area (Å²) in [6, 6.07) is 1.93. The van der Waals surface area contributed by atoms with Crippen molar-refractivity contribution >= 4 is 11.9 Å². The van der Waals surface area contributed by atoms with Crippen LogP contribution in [0.15, 0.2) is 12.1 Å². The van der Waals surface area contributed by atoms with Crippen molar-refractivity contribution in [1.29, 1.82) is 0 Å². The van der Waals surface area contributed by atoms with Crippen molar-refractivity contribution < 1.29 is 29.6 Å². The van der Waals surface area contributed by atoms with E-state index in [0.29, 0.717) is 43.0 Å². The molecule has 1 spiro atoms. The van der Waals surface area contributed by atoms with Crippen LogP contribution >= 0.6 is 0 Å². The summed E-state index contributed by atoms with van der Waals surface area (Å²) < 4.78 is 6.01. The fourth-order valence-electron chi connectivity index (χ4n) is 6.60. The number of piperidine rings is 1. The molecular weight excluding hydrogens is 402 g/mol. The molecule has 0 unspecified atom stereocenters. The van der Waals surface area contributed by atoms with Crippen molar-refractivity contribution in [2.24, 2.45) is 5.92 Å². The standard InChI is InChI=1S/C22H27N3O6/c26-13-5-4-12-14-16(13)31-18-19(28)24-20(29)23-8-1-6-22(30)17(15(12)27)25(10-11-2-3-11)9-7-21(14,18)22/h4-5,11,15,17-18,26-27,30H,1-3,6-10H2,(H2,23,24,28,29)/t15-,17-,18+,21+,22-/m1/s1. The highest BCUT2D eigenvalue weighted by Gasteiger charge is 2.73. The minimum atomic E-state index is -1.46. The van der Waals surface area contributed by atoms with Crippen LogP contribution in [0.1, 0.15) is 49.3 Å². The molecule has 166 valence electrons. The van der Waals surface area contributed by atoms with E-state index in [1.54, 1.807) is 6.07 Å². The van der Waals surface area contributed by atoms with Crippen molar-refractivity contribution in [3.8, 4) is 11.5 Å². The van der Waals surface area contributed by atoms with E-state index >= 15 is 0 Å². The molecule has 5 N–H and O–H groups in total. The van der Waals surface area contributed by atoms with Gasteiger partial charge in [-0.2, -0.15) is 0 Å². The molecule has 3 aliphatic heterocycles. The van der Waals surface area contributed by atoms with Crippen molar-refractivity contribution in [1.82, 2.24) is 15.5 Å². The van der Waals surface area contributed by atoms with Gasteiger partial charge in [0.15, 0.2) is 17.6 Å². The second-order valence-corrected chi connectivity index (χ2v) is 9.70. The molecular formula is C22H27N3O6. The number of nitrogens with one attached hydrogen (secondary N) is 2. The van der Waals surface area contributed by atoms with Crippen LogP contribution in [0.4, 0.5) is 4.79 Å². The summed E-state index contributed by atoms with van der Waals surface area (Å²) in [4.78, 5) is 27.5. The first-order valence-corrected chi connectivity index (χ1v) is 11.1. The molecule has 2 aliphatic carbocycles. The normalized spacial score (nSPS) is 39.2. The molecule has 3 fully saturated rings. The van der Waals surface area contributed by atoms with Crippen LogP contribution in [0.3, 0.4) is 0 Å². The Kier molecular flexibility index (Phi) is 3.95. The average Bonchev–Trinajstić information content (AvgIpc) is 3.46. The Labute approximate surface area is 179 Å². The number of ether oxygens (including phenoxy) is 1. The van der Waals surface area contributed by atoms with Crippen LogP contribution in [-0.4, -0.2) is 69.5 Å². The zero-order valence-corrected chi connectivity index (χ0v) is 17.1. The smallest absolute Gasteiger partial charge is 0.321 e. The van der Waals surface area contributed by atoms with Gasteiger partial charge >= 0.3 is 6.03 Å². The lowest BCUT2D eigenvalue weighted by molar-refractivity contribution is -0.201. The van der Waals surface area contributed by atoms with Crippen molar-refractivity contribution in [3.63, 3.8) is 0 Å². The molecule has 6 rings (SSSR count). The molecule has 9 heteroatoms. The Morgan fingerprint density at radius 3 is 2.81 bits per heavy atom. The summed E-state index contributed by atoms with van der Waals surface area (Å²) >= 11 is 0. The lowest BCUT2D eigenvalue weighted by atomic mass is 9.51. The molecule has 3 amide bonds. The number of hydrogen-bond acceptors (Lipinski definition) is 7. The first kappa shape index (κ1) is 19.3. The SMILES string of the molecule is O=C1NCCC[C@@]2(O)[C@H]3[C@H](O)c4ccc(O)c5c4[C@@]2(CCN3CC2CC2)[C@@H](O5)C(=O)N1. The highest BCUT2D eigenvalue weighted by molar-refractivity contribution is 5.98. The molecule has 1 aromatic rings. The summed E-state index contributed by atoms with van der Waals surface area (Å²) in [7, 11) is 0. The number of phenolic OH excluding ortho intramolecular Hbond substituents is 1. The Morgan fingerprint density at radius 1 is 1.23 bits per heavy atom. The number of amides is 3. The number of phenols is 1. The predicted octanol–water partition coefficient (Wildman–Crippen LogP) is 0.273. The van der Waals surface area contributed by atoms with Crippen LogP contribution in [0.5, 0.6) is 11.5 Å². The van der Waals surface area contributed by atoms with Gasteiger partial charge in [-0.15, -0.1) is 0 Å². The van der Waals surface area contributed by atoms with Crippen molar-refractivity contribution in [2.45, 2.75) is 61.4 Å². The number of likely N-dealkylation sites (tertiary alicyclic amines) is 1. The number of nitrogens with zero attached hydrogens (tertiary/aromatic N) is 1. The zero-order chi connectivity index (χ0) is 21.5. The Balaban J connectivity index is 1.58. The summed E-state index contributed by atoms with van der Waals surface area (Å²) in [6.07, 6.45) is 1.35. The zero-order valence-electron chi connectivity index (χ0n) is 17.1. The van der Waals surface area contributed by atoms with Gasteiger partial charge in [0.25, 0.3) is 5.91 Å². The highest BCUT2D eigenvalue weighted by atomic mass is 16.5. The van der Waals surface area contributed by atoms with Gasteiger partial charge in [0, 0.05) is 18.7 Å². The van der Waals surface area contributed by atoms with Crippen molar-refractivity contribution in [3.05, 3.63) is 23.3 Å². The molecule has 2 saturated heterocycles. The van der Waals surface area contributed by atoms with E-state index < -0.39 is 41.2 Å². The van der Waals surface area contributed by atoms with E-state index in [1.807, 2.05) is 0 Å². The van der Waals surface area contributed by atoms with Crippen LogP contribution in [0, 0.1) is 5.92 Å². The number of aromatic hydroxyl groups is 1. The maximum absolute atomic E-state index is 13.2.